The summed E-state index contributed by atoms with van der Waals surface area (Å²) in [6.07, 6.45) is 6.59. The predicted octanol–water partition coefficient (Wildman–Crippen LogP) is 2.68. The molecule has 0 spiro atoms. The summed E-state index contributed by atoms with van der Waals surface area (Å²) in [6, 6.07) is 6.14. The molecule has 0 aliphatic carbocycles. The summed E-state index contributed by atoms with van der Waals surface area (Å²) in [6.45, 7) is 1.52. The Kier molecular flexibility index (Phi) is 5.58. The highest BCUT2D eigenvalue weighted by Gasteiger charge is 2.25. The Morgan fingerprint density at radius 3 is 2.80 bits per heavy atom. The van der Waals surface area contributed by atoms with Crippen LogP contribution in [-0.4, -0.2) is 40.9 Å². The van der Waals surface area contributed by atoms with Crippen molar-refractivity contribution in [3.63, 3.8) is 0 Å². The third-order valence-electron chi connectivity index (χ3n) is 4.63. The molecule has 1 fully saturated rings. The first-order valence-electron chi connectivity index (χ1n) is 8.65. The van der Waals surface area contributed by atoms with Crippen LogP contribution in [0.4, 0.5) is 10.2 Å². The van der Waals surface area contributed by atoms with Crippen molar-refractivity contribution in [2.24, 2.45) is 5.92 Å². The number of hydrogen-bond donors (Lipinski definition) is 1. The second-order valence-electron chi connectivity index (χ2n) is 6.46. The zero-order valence-electron chi connectivity index (χ0n) is 14.4. The number of benzene rings is 1. The number of rotatable bonds is 5. The summed E-state index contributed by atoms with van der Waals surface area (Å²) < 4.78 is 13.0. The van der Waals surface area contributed by atoms with E-state index in [9.17, 15) is 9.18 Å². The molecule has 1 saturated heterocycles. The van der Waals surface area contributed by atoms with E-state index in [4.69, 9.17) is 0 Å². The van der Waals surface area contributed by atoms with E-state index in [0.29, 0.717) is 12.3 Å². The van der Waals surface area contributed by atoms with Crippen molar-refractivity contribution in [1.29, 1.82) is 0 Å². The average Bonchev–Trinajstić information content (AvgIpc) is 2.64. The molecule has 132 valence electrons. The van der Waals surface area contributed by atoms with Gasteiger partial charge in [0.1, 0.15) is 11.6 Å². The van der Waals surface area contributed by atoms with Crippen LogP contribution in [0.15, 0.2) is 36.7 Å². The molecule has 1 amide bonds. The molecule has 1 N–H and O–H groups in total. The monoisotopic (exact) mass is 342 g/mol. The van der Waals surface area contributed by atoms with Crippen molar-refractivity contribution in [2.75, 3.05) is 25.5 Å². The zero-order valence-corrected chi connectivity index (χ0v) is 14.4. The highest BCUT2D eigenvalue weighted by Crippen LogP contribution is 2.23. The number of anilines is 1. The van der Waals surface area contributed by atoms with Gasteiger partial charge in [0.25, 0.3) is 0 Å². The Labute approximate surface area is 147 Å². The van der Waals surface area contributed by atoms with Crippen molar-refractivity contribution < 1.29 is 9.18 Å². The summed E-state index contributed by atoms with van der Waals surface area (Å²) in [5, 5.41) is 3.07. The van der Waals surface area contributed by atoms with E-state index in [1.54, 1.807) is 24.5 Å². The predicted molar refractivity (Wildman–Crippen MR) is 94.7 cm³/mol. The number of aromatic nitrogens is 2. The lowest BCUT2D eigenvalue weighted by Gasteiger charge is -2.33. The van der Waals surface area contributed by atoms with Gasteiger partial charge in [-0.05, 0) is 42.9 Å². The Morgan fingerprint density at radius 2 is 2.04 bits per heavy atom. The molecule has 0 saturated carbocycles. The van der Waals surface area contributed by atoms with E-state index in [0.717, 1.165) is 49.4 Å². The highest BCUT2D eigenvalue weighted by molar-refractivity contribution is 5.78. The molecule has 1 aromatic heterocycles. The fourth-order valence-corrected chi connectivity index (χ4v) is 3.35. The number of nitrogens with zero attached hydrogens (tertiary/aromatic N) is 3. The molecule has 1 aliphatic rings. The maximum Gasteiger partial charge on any atom is 0.226 e. The van der Waals surface area contributed by atoms with Gasteiger partial charge in [-0.1, -0.05) is 12.1 Å². The molecule has 25 heavy (non-hydrogen) atoms. The SMILES string of the molecule is CNc1nccnc1C[C@@H]1CCCN(C(=O)Cc2ccc(F)cc2)C1. The molecular weight excluding hydrogens is 319 g/mol. The summed E-state index contributed by atoms with van der Waals surface area (Å²) in [5.74, 6) is 1.01. The van der Waals surface area contributed by atoms with Crippen LogP contribution >= 0.6 is 0 Å². The molecule has 0 radical (unpaired) electrons. The lowest BCUT2D eigenvalue weighted by atomic mass is 9.92. The highest BCUT2D eigenvalue weighted by atomic mass is 19.1. The van der Waals surface area contributed by atoms with Crippen LogP contribution in [0, 0.1) is 11.7 Å². The quantitative estimate of drug-likeness (QED) is 0.908. The van der Waals surface area contributed by atoms with Gasteiger partial charge < -0.3 is 10.2 Å². The van der Waals surface area contributed by atoms with E-state index >= 15 is 0 Å². The lowest BCUT2D eigenvalue weighted by Crippen LogP contribution is -2.41. The van der Waals surface area contributed by atoms with Crippen molar-refractivity contribution in [3.8, 4) is 0 Å². The molecular formula is C19H23FN4O. The molecule has 5 nitrogen and oxygen atoms in total. The van der Waals surface area contributed by atoms with Crippen LogP contribution in [0.1, 0.15) is 24.1 Å². The van der Waals surface area contributed by atoms with Gasteiger partial charge in [0.05, 0.1) is 12.1 Å². The van der Waals surface area contributed by atoms with Gasteiger partial charge in [0.15, 0.2) is 0 Å². The first kappa shape index (κ1) is 17.3. The van der Waals surface area contributed by atoms with Crippen LogP contribution in [0.5, 0.6) is 0 Å². The average molecular weight is 342 g/mol. The summed E-state index contributed by atoms with van der Waals surface area (Å²) >= 11 is 0. The number of piperidine rings is 1. The molecule has 2 aromatic rings. The van der Waals surface area contributed by atoms with Crippen molar-refractivity contribution in [1.82, 2.24) is 14.9 Å². The fourth-order valence-electron chi connectivity index (χ4n) is 3.35. The number of nitrogens with one attached hydrogen (secondary N) is 1. The summed E-state index contributed by atoms with van der Waals surface area (Å²) in [7, 11) is 1.84. The normalized spacial score (nSPS) is 17.4. The Hall–Kier alpha value is -2.50. The standard InChI is InChI=1S/C19H23FN4O/c1-21-19-17(22-8-9-23-19)11-15-3-2-10-24(13-15)18(25)12-14-4-6-16(20)7-5-14/h4-9,15H,2-3,10-13H2,1H3,(H,21,23)/t15-/m0/s1. The maximum absolute atomic E-state index is 13.0. The number of carbonyl (C=O) groups excluding carboxylic acids is 1. The van der Waals surface area contributed by atoms with Crippen LogP contribution in [0.2, 0.25) is 0 Å². The van der Waals surface area contributed by atoms with E-state index in [-0.39, 0.29) is 11.7 Å². The van der Waals surface area contributed by atoms with Gasteiger partial charge in [0, 0.05) is 32.5 Å². The number of hydrogen-bond acceptors (Lipinski definition) is 4. The van der Waals surface area contributed by atoms with Crippen LogP contribution in [-0.2, 0) is 17.6 Å². The van der Waals surface area contributed by atoms with Crippen molar-refractivity contribution in [3.05, 3.63) is 53.7 Å². The van der Waals surface area contributed by atoms with Gasteiger partial charge in [-0.2, -0.15) is 0 Å². The van der Waals surface area contributed by atoms with Gasteiger partial charge in [-0.25, -0.2) is 9.37 Å². The number of carbonyl (C=O) groups is 1. The second kappa shape index (κ2) is 8.05. The van der Waals surface area contributed by atoms with Crippen LogP contribution in [0.3, 0.4) is 0 Å². The van der Waals surface area contributed by atoms with Crippen molar-refractivity contribution in [2.45, 2.75) is 25.7 Å². The summed E-state index contributed by atoms with van der Waals surface area (Å²) in [4.78, 5) is 23.2. The van der Waals surface area contributed by atoms with E-state index in [1.807, 2.05) is 11.9 Å². The third kappa shape index (κ3) is 4.53. The number of amides is 1. The van der Waals surface area contributed by atoms with Crippen LogP contribution in [0.25, 0.3) is 0 Å². The van der Waals surface area contributed by atoms with E-state index in [2.05, 4.69) is 15.3 Å². The molecule has 0 unspecified atom stereocenters. The molecule has 1 aromatic carbocycles. The second-order valence-corrected chi connectivity index (χ2v) is 6.46. The smallest absolute Gasteiger partial charge is 0.226 e. The molecule has 0 bridgehead atoms. The first-order valence-corrected chi connectivity index (χ1v) is 8.65. The fraction of sp³-hybridized carbons (Fsp3) is 0.421. The lowest BCUT2D eigenvalue weighted by molar-refractivity contribution is -0.132. The molecule has 1 aliphatic heterocycles. The molecule has 6 heteroatoms. The number of likely N-dealkylation sites (tertiary alicyclic amines) is 1. The van der Waals surface area contributed by atoms with Gasteiger partial charge in [-0.15, -0.1) is 0 Å². The topological polar surface area (TPSA) is 58.1 Å². The first-order chi connectivity index (χ1) is 12.2. The van der Waals surface area contributed by atoms with E-state index in [1.165, 1.54) is 12.1 Å². The minimum Gasteiger partial charge on any atom is -0.372 e. The molecule has 1 atom stereocenters. The third-order valence-corrected chi connectivity index (χ3v) is 4.63. The molecule has 3 rings (SSSR count). The number of halogens is 1. The van der Waals surface area contributed by atoms with Crippen LogP contribution < -0.4 is 5.32 Å². The van der Waals surface area contributed by atoms with Gasteiger partial charge in [0.2, 0.25) is 5.91 Å². The Balaban J connectivity index is 1.60. The Morgan fingerprint density at radius 1 is 1.28 bits per heavy atom. The van der Waals surface area contributed by atoms with Gasteiger partial charge in [-0.3, -0.25) is 9.78 Å². The van der Waals surface area contributed by atoms with Crippen molar-refractivity contribution >= 4 is 11.7 Å². The minimum atomic E-state index is -0.279. The largest absolute Gasteiger partial charge is 0.372 e. The zero-order chi connectivity index (χ0) is 17.6. The molecule has 2 heterocycles. The summed E-state index contributed by atoms with van der Waals surface area (Å²) in [5.41, 5.74) is 1.79. The van der Waals surface area contributed by atoms with E-state index < -0.39 is 0 Å². The minimum absolute atomic E-state index is 0.101. The Bertz CT molecular complexity index is 720. The maximum atomic E-state index is 13.0. The van der Waals surface area contributed by atoms with Gasteiger partial charge >= 0.3 is 0 Å².